The van der Waals surface area contributed by atoms with E-state index in [9.17, 15) is 4.79 Å². The van der Waals surface area contributed by atoms with Gasteiger partial charge in [0.2, 0.25) is 0 Å². The van der Waals surface area contributed by atoms with E-state index in [0.717, 1.165) is 41.0 Å². The van der Waals surface area contributed by atoms with E-state index in [-0.39, 0.29) is 11.7 Å². The summed E-state index contributed by atoms with van der Waals surface area (Å²) in [6, 6.07) is 7.71. The largest absolute Gasteiger partial charge is 0.497 e. The van der Waals surface area contributed by atoms with Gasteiger partial charge in [0.1, 0.15) is 17.4 Å². The zero-order valence-electron chi connectivity index (χ0n) is 13.8. The van der Waals surface area contributed by atoms with Gasteiger partial charge in [-0.2, -0.15) is 0 Å². The Morgan fingerprint density at radius 3 is 2.76 bits per heavy atom. The highest BCUT2D eigenvalue weighted by Crippen LogP contribution is 2.46. The standard InChI is InChI=1S/C18H18N4O2S/c1-24-10-7-5-9(6-8-10)13-14-11(3-2-4-12(14)23)20-17-15(13)16(19)21-18(25)22-17/h5-8,13H,2-4H2,1H3,(H4,19,20,21,22,25)/t13-/m0/s1. The predicted molar refractivity (Wildman–Crippen MR) is 98.2 cm³/mol. The van der Waals surface area contributed by atoms with Gasteiger partial charge in [0.15, 0.2) is 10.6 Å². The molecule has 4 rings (SSSR count). The highest BCUT2D eigenvalue weighted by Gasteiger charge is 2.37. The number of carbonyl (C=O) groups is 1. The summed E-state index contributed by atoms with van der Waals surface area (Å²) in [5, 5.41) is 3.29. The van der Waals surface area contributed by atoms with Gasteiger partial charge in [-0.25, -0.2) is 4.98 Å². The molecule has 6 nitrogen and oxygen atoms in total. The Morgan fingerprint density at radius 1 is 1.28 bits per heavy atom. The van der Waals surface area contributed by atoms with Crippen LogP contribution in [0.15, 0.2) is 35.5 Å². The van der Waals surface area contributed by atoms with Crippen LogP contribution in [0.3, 0.4) is 0 Å². The number of H-pyrrole nitrogens is 1. The normalized spacial score (nSPS) is 19.1. The van der Waals surface area contributed by atoms with Gasteiger partial charge in [-0.05, 0) is 42.8 Å². The first-order valence-corrected chi connectivity index (χ1v) is 8.56. The highest BCUT2D eigenvalue weighted by molar-refractivity contribution is 7.71. The molecular weight excluding hydrogens is 336 g/mol. The summed E-state index contributed by atoms with van der Waals surface area (Å²) in [7, 11) is 1.63. The summed E-state index contributed by atoms with van der Waals surface area (Å²) in [6.07, 6.45) is 2.21. The van der Waals surface area contributed by atoms with Gasteiger partial charge in [-0.1, -0.05) is 12.1 Å². The monoisotopic (exact) mass is 354 g/mol. The van der Waals surface area contributed by atoms with Crippen LogP contribution in [-0.4, -0.2) is 22.9 Å². The minimum atomic E-state index is -0.260. The second-order valence-electron chi connectivity index (χ2n) is 6.22. The molecule has 0 unspecified atom stereocenters. The molecule has 0 saturated heterocycles. The molecule has 1 aromatic heterocycles. The quantitative estimate of drug-likeness (QED) is 0.717. The molecule has 0 radical (unpaired) electrons. The number of rotatable bonds is 2. The van der Waals surface area contributed by atoms with E-state index >= 15 is 0 Å². The van der Waals surface area contributed by atoms with Gasteiger partial charge in [-0.15, -0.1) is 0 Å². The molecule has 2 heterocycles. The molecule has 0 spiro atoms. The van der Waals surface area contributed by atoms with Crippen molar-refractivity contribution in [2.45, 2.75) is 25.2 Å². The molecule has 2 aliphatic rings. The van der Waals surface area contributed by atoms with Gasteiger partial charge in [0.25, 0.3) is 0 Å². The van der Waals surface area contributed by atoms with Crippen molar-refractivity contribution in [3.63, 3.8) is 0 Å². The molecule has 0 amide bonds. The van der Waals surface area contributed by atoms with Gasteiger partial charge < -0.3 is 20.8 Å². The third kappa shape index (κ3) is 2.60. The van der Waals surface area contributed by atoms with Crippen LogP contribution in [0.2, 0.25) is 0 Å². The molecule has 128 valence electrons. The van der Waals surface area contributed by atoms with Crippen LogP contribution in [-0.2, 0) is 4.79 Å². The minimum Gasteiger partial charge on any atom is -0.497 e. The maximum Gasteiger partial charge on any atom is 0.200 e. The van der Waals surface area contributed by atoms with Crippen LogP contribution in [0.25, 0.3) is 0 Å². The number of carbonyl (C=O) groups excluding carboxylic acids is 1. The molecule has 1 aromatic carbocycles. The molecule has 7 heteroatoms. The fraction of sp³-hybridized carbons (Fsp3) is 0.278. The number of hydrogen-bond acceptors (Lipinski definition) is 6. The Hall–Kier alpha value is -2.67. The number of ether oxygens (including phenoxy) is 1. The summed E-state index contributed by atoms with van der Waals surface area (Å²) < 4.78 is 5.57. The van der Waals surface area contributed by atoms with E-state index < -0.39 is 0 Å². The molecule has 0 fully saturated rings. The van der Waals surface area contributed by atoms with Gasteiger partial charge >= 0.3 is 0 Å². The smallest absolute Gasteiger partial charge is 0.200 e. The number of benzene rings is 1. The predicted octanol–water partition coefficient (Wildman–Crippen LogP) is 3.29. The van der Waals surface area contributed by atoms with Crippen molar-refractivity contribution in [1.29, 1.82) is 0 Å². The fourth-order valence-corrected chi connectivity index (χ4v) is 3.83. The number of aromatic amines is 1. The Bertz CT molecular complexity index is 947. The van der Waals surface area contributed by atoms with E-state index in [1.807, 2.05) is 24.3 Å². The molecule has 1 aliphatic heterocycles. The summed E-state index contributed by atoms with van der Waals surface area (Å²) in [5.74, 6) is 1.73. The molecular formula is C18H18N4O2S. The summed E-state index contributed by atoms with van der Waals surface area (Å²) >= 11 is 5.16. The van der Waals surface area contributed by atoms with Crippen molar-refractivity contribution in [1.82, 2.24) is 9.97 Å². The number of nitrogen functional groups attached to an aromatic ring is 1. The van der Waals surface area contributed by atoms with Crippen LogP contribution in [0.1, 0.15) is 36.3 Å². The molecule has 25 heavy (non-hydrogen) atoms. The fourth-order valence-electron chi connectivity index (χ4n) is 3.63. The first-order valence-electron chi connectivity index (χ1n) is 8.15. The Morgan fingerprint density at radius 2 is 2.04 bits per heavy atom. The number of hydrogen-bond donors (Lipinski definition) is 3. The third-order valence-electron chi connectivity index (χ3n) is 4.75. The lowest BCUT2D eigenvalue weighted by Crippen LogP contribution is -2.28. The maximum atomic E-state index is 12.7. The van der Waals surface area contributed by atoms with E-state index in [1.54, 1.807) is 7.11 Å². The van der Waals surface area contributed by atoms with E-state index in [0.29, 0.717) is 22.8 Å². The number of methoxy groups -OCH3 is 1. The van der Waals surface area contributed by atoms with E-state index in [2.05, 4.69) is 15.3 Å². The van der Waals surface area contributed by atoms with Crippen molar-refractivity contribution in [3.8, 4) is 5.75 Å². The van der Waals surface area contributed by atoms with Crippen LogP contribution in [0, 0.1) is 4.77 Å². The average Bonchev–Trinajstić information content (AvgIpc) is 2.60. The first-order chi connectivity index (χ1) is 12.1. The van der Waals surface area contributed by atoms with Crippen molar-refractivity contribution in [3.05, 3.63) is 51.4 Å². The first kappa shape index (κ1) is 15.8. The van der Waals surface area contributed by atoms with Crippen LogP contribution in [0.4, 0.5) is 11.6 Å². The number of nitrogens with one attached hydrogen (secondary N) is 2. The topological polar surface area (TPSA) is 93.0 Å². The maximum absolute atomic E-state index is 12.7. The van der Waals surface area contributed by atoms with E-state index in [4.69, 9.17) is 22.7 Å². The van der Waals surface area contributed by atoms with Crippen LogP contribution >= 0.6 is 12.2 Å². The molecule has 2 aromatic rings. The lowest BCUT2D eigenvalue weighted by atomic mass is 9.76. The van der Waals surface area contributed by atoms with Crippen LogP contribution in [0.5, 0.6) is 5.75 Å². The van der Waals surface area contributed by atoms with Crippen molar-refractivity contribution < 1.29 is 9.53 Å². The zero-order valence-corrected chi connectivity index (χ0v) is 14.6. The average molecular weight is 354 g/mol. The SMILES string of the molecule is COc1ccc([C@H]2C3=C(CCCC3=O)Nc3nc(=S)[nH]c(N)c32)cc1. The molecule has 1 atom stereocenters. The Balaban J connectivity index is 1.95. The van der Waals surface area contributed by atoms with Crippen molar-refractivity contribution in [2.24, 2.45) is 0 Å². The highest BCUT2D eigenvalue weighted by atomic mass is 32.1. The minimum absolute atomic E-state index is 0.155. The Labute approximate surface area is 150 Å². The van der Waals surface area contributed by atoms with Crippen LogP contribution < -0.4 is 15.8 Å². The zero-order chi connectivity index (χ0) is 17.6. The molecule has 1 aliphatic carbocycles. The summed E-state index contributed by atoms with van der Waals surface area (Å²) in [4.78, 5) is 20.0. The molecule has 0 bridgehead atoms. The number of anilines is 2. The third-order valence-corrected chi connectivity index (χ3v) is 4.95. The number of fused-ring (bicyclic) bond motifs is 1. The number of aromatic nitrogens is 2. The van der Waals surface area contributed by atoms with Crippen molar-refractivity contribution >= 4 is 29.6 Å². The molecule has 0 saturated carbocycles. The Kier molecular flexibility index (Phi) is 3.80. The number of allylic oxidation sites excluding steroid dienone is 2. The van der Waals surface area contributed by atoms with Gasteiger partial charge in [0, 0.05) is 29.2 Å². The van der Waals surface area contributed by atoms with Crippen molar-refractivity contribution in [2.75, 3.05) is 18.2 Å². The summed E-state index contributed by atoms with van der Waals surface area (Å²) in [5.41, 5.74) is 9.69. The number of Topliss-reactive ketones (excluding diaryl/α,β-unsaturated/α-hetero) is 1. The lowest BCUT2D eigenvalue weighted by Gasteiger charge is -2.33. The van der Waals surface area contributed by atoms with Gasteiger partial charge in [0.05, 0.1) is 7.11 Å². The second kappa shape index (κ2) is 6.00. The lowest BCUT2D eigenvalue weighted by molar-refractivity contribution is -0.116. The molecule has 4 N–H and O–H groups in total. The number of ketones is 1. The second-order valence-corrected chi connectivity index (χ2v) is 6.60. The van der Waals surface area contributed by atoms with E-state index in [1.165, 1.54) is 0 Å². The number of nitrogens with two attached hydrogens (primary N) is 1. The number of nitrogens with zero attached hydrogens (tertiary/aromatic N) is 1. The summed E-state index contributed by atoms with van der Waals surface area (Å²) in [6.45, 7) is 0. The van der Waals surface area contributed by atoms with Gasteiger partial charge in [-0.3, -0.25) is 4.79 Å².